The van der Waals surface area contributed by atoms with Crippen LogP contribution in [0.3, 0.4) is 0 Å². The van der Waals surface area contributed by atoms with Gasteiger partial charge < -0.3 is 15.0 Å². The van der Waals surface area contributed by atoms with E-state index < -0.39 is 17.1 Å². The molecule has 1 saturated heterocycles. The van der Waals surface area contributed by atoms with Crippen molar-refractivity contribution in [2.75, 3.05) is 13.1 Å². The minimum absolute atomic E-state index is 0.0645. The molecule has 3 rings (SSSR count). The van der Waals surface area contributed by atoms with E-state index in [9.17, 15) is 18.4 Å². The number of ether oxygens (including phenoxy) is 1. The van der Waals surface area contributed by atoms with Crippen molar-refractivity contribution in [1.29, 1.82) is 0 Å². The van der Waals surface area contributed by atoms with Crippen LogP contribution >= 0.6 is 0 Å². The number of likely N-dealkylation sites (tertiary alicyclic amines) is 1. The minimum Gasteiger partial charge on any atom is -0.444 e. The monoisotopic (exact) mass is 465 g/mol. The number of benzene rings is 1. The second-order valence-corrected chi connectivity index (χ2v) is 10.1. The van der Waals surface area contributed by atoms with Gasteiger partial charge in [0.2, 0.25) is 5.92 Å². The fraction of sp³-hybridized carbons (Fsp3) is 0.640. The Morgan fingerprint density at radius 2 is 1.73 bits per heavy atom. The summed E-state index contributed by atoms with van der Waals surface area (Å²) in [6.45, 7) is 12.5. The Balaban J connectivity index is 0.000000696. The number of piperidine rings is 1. The van der Waals surface area contributed by atoms with Gasteiger partial charge in [-0.25, -0.2) is 13.6 Å². The summed E-state index contributed by atoms with van der Waals surface area (Å²) in [5.74, 6) is -1.52. The van der Waals surface area contributed by atoms with E-state index in [1.165, 1.54) is 5.56 Å². The second-order valence-electron chi connectivity index (χ2n) is 10.1. The molecule has 1 spiro atoms. The summed E-state index contributed by atoms with van der Waals surface area (Å²) in [5.41, 5.74) is 0.891. The fourth-order valence-electron chi connectivity index (χ4n) is 3.73. The van der Waals surface area contributed by atoms with Crippen LogP contribution in [0.2, 0.25) is 0 Å². The van der Waals surface area contributed by atoms with Crippen LogP contribution in [0, 0.1) is 0 Å². The predicted molar refractivity (Wildman–Crippen MR) is 126 cm³/mol. The number of hydrogen-bond donors (Lipinski definition) is 1. The molecule has 1 N–H and O–H groups in total. The Bertz CT molecular complexity index is 874. The van der Waals surface area contributed by atoms with Gasteiger partial charge in [-0.15, -0.1) is 0 Å². The normalized spacial score (nSPS) is 18.8. The third kappa shape index (κ3) is 7.51. The van der Waals surface area contributed by atoms with E-state index in [-0.39, 0.29) is 12.0 Å². The Morgan fingerprint density at radius 1 is 1.18 bits per heavy atom. The first-order valence-electron chi connectivity index (χ1n) is 11.5. The largest absolute Gasteiger partial charge is 0.444 e. The molecule has 0 aromatic heterocycles. The number of alkyl halides is 2. The smallest absolute Gasteiger partial charge is 0.410 e. The molecule has 8 heteroatoms. The number of rotatable bonds is 3. The second kappa shape index (κ2) is 10.2. The SMILES string of the molecule is CC(C)(F)F.CCC(C)c1ccccc1C1=NC2(CCN(C(=O)OC(C)(C)C)CC2)C(=O)N1. The molecule has 1 aromatic rings. The van der Waals surface area contributed by atoms with Crippen molar-refractivity contribution >= 4 is 17.8 Å². The van der Waals surface area contributed by atoms with Gasteiger partial charge >= 0.3 is 6.09 Å². The topological polar surface area (TPSA) is 71.0 Å². The van der Waals surface area contributed by atoms with Crippen LogP contribution < -0.4 is 5.32 Å². The van der Waals surface area contributed by atoms with E-state index in [2.05, 4.69) is 25.2 Å². The summed E-state index contributed by atoms with van der Waals surface area (Å²) in [5, 5.41) is 3.01. The molecule has 0 saturated carbocycles. The number of amides is 2. The Morgan fingerprint density at radius 3 is 2.24 bits per heavy atom. The van der Waals surface area contributed by atoms with Crippen LogP contribution in [0.25, 0.3) is 0 Å². The molecule has 1 fully saturated rings. The number of carbonyl (C=O) groups is 2. The number of nitrogens with one attached hydrogen (secondary N) is 1. The molecule has 1 aromatic carbocycles. The number of halogens is 2. The maximum atomic E-state index is 12.8. The zero-order valence-corrected chi connectivity index (χ0v) is 20.8. The number of nitrogens with zero attached hydrogens (tertiary/aromatic N) is 2. The average Bonchev–Trinajstić information content (AvgIpc) is 3.01. The maximum absolute atomic E-state index is 12.8. The van der Waals surface area contributed by atoms with Crippen LogP contribution in [0.1, 0.15) is 84.8 Å². The lowest BCUT2D eigenvalue weighted by atomic mass is 9.88. The number of carbonyl (C=O) groups excluding carboxylic acids is 2. The Labute approximate surface area is 195 Å². The first-order valence-corrected chi connectivity index (χ1v) is 11.5. The molecule has 184 valence electrons. The van der Waals surface area contributed by atoms with Crippen molar-refractivity contribution in [2.24, 2.45) is 4.99 Å². The van der Waals surface area contributed by atoms with Gasteiger partial charge in [0.15, 0.2) is 0 Å². The third-order valence-corrected chi connectivity index (χ3v) is 5.58. The first-order chi connectivity index (χ1) is 15.1. The summed E-state index contributed by atoms with van der Waals surface area (Å²) in [6, 6.07) is 8.13. The molecule has 0 aliphatic carbocycles. The summed E-state index contributed by atoms with van der Waals surface area (Å²) in [7, 11) is 0. The molecule has 0 bridgehead atoms. The van der Waals surface area contributed by atoms with Crippen LogP contribution in [-0.4, -0.2) is 52.9 Å². The van der Waals surface area contributed by atoms with E-state index in [4.69, 9.17) is 9.73 Å². The molecule has 2 aliphatic rings. The first kappa shape index (κ1) is 26.7. The van der Waals surface area contributed by atoms with Crippen LogP contribution in [0.4, 0.5) is 13.6 Å². The van der Waals surface area contributed by atoms with Gasteiger partial charge in [0.05, 0.1) is 0 Å². The van der Waals surface area contributed by atoms with Gasteiger partial charge in [0.25, 0.3) is 5.91 Å². The van der Waals surface area contributed by atoms with Crippen molar-refractivity contribution in [3.63, 3.8) is 0 Å². The molecule has 2 aliphatic heterocycles. The molecular weight excluding hydrogens is 428 g/mol. The van der Waals surface area contributed by atoms with Crippen molar-refractivity contribution in [2.45, 2.75) is 90.7 Å². The van der Waals surface area contributed by atoms with Gasteiger partial charge in [-0.1, -0.05) is 38.1 Å². The number of amidine groups is 1. The molecular formula is C25H37F2N3O3. The Kier molecular flexibility index (Phi) is 8.25. The predicted octanol–water partition coefficient (Wildman–Crippen LogP) is 5.51. The van der Waals surface area contributed by atoms with E-state index in [0.717, 1.165) is 25.8 Å². The van der Waals surface area contributed by atoms with Gasteiger partial charge in [0, 0.05) is 18.7 Å². The van der Waals surface area contributed by atoms with Gasteiger partial charge in [-0.3, -0.25) is 9.79 Å². The molecule has 1 unspecified atom stereocenters. The quantitative estimate of drug-likeness (QED) is 0.640. The van der Waals surface area contributed by atoms with Gasteiger partial charge in [0.1, 0.15) is 17.0 Å². The van der Waals surface area contributed by atoms with Crippen LogP contribution in [0.5, 0.6) is 0 Å². The number of hydrogen-bond acceptors (Lipinski definition) is 4. The molecule has 0 radical (unpaired) electrons. The van der Waals surface area contributed by atoms with Gasteiger partial charge in [-0.2, -0.15) is 0 Å². The third-order valence-electron chi connectivity index (χ3n) is 5.58. The highest BCUT2D eigenvalue weighted by molar-refractivity contribution is 6.16. The summed E-state index contributed by atoms with van der Waals surface area (Å²) in [4.78, 5) is 31.7. The maximum Gasteiger partial charge on any atom is 0.410 e. The fourth-order valence-corrected chi connectivity index (χ4v) is 3.73. The highest BCUT2D eigenvalue weighted by Crippen LogP contribution is 2.33. The highest BCUT2D eigenvalue weighted by Gasteiger charge is 2.47. The lowest BCUT2D eigenvalue weighted by Crippen LogP contribution is -2.51. The van der Waals surface area contributed by atoms with E-state index >= 15 is 0 Å². The van der Waals surface area contributed by atoms with E-state index in [1.54, 1.807) is 4.90 Å². The zero-order valence-electron chi connectivity index (χ0n) is 20.8. The van der Waals surface area contributed by atoms with Gasteiger partial charge in [-0.05, 0) is 65.4 Å². The lowest BCUT2D eigenvalue weighted by molar-refractivity contribution is -0.125. The minimum atomic E-state index is -2.50. The highest BCUT2D eigenvalue weighted by atomic mass is 19.3. The molecule has 2 amide bonds. The zero-order chi connectivity index (χ0) is 25.0. The Hall–Kier alpha value is -2.51. The lowest BCUT2D eigenvalue weighted by Gasteiger charge is -2.36. The number of aliphatic imine (C=N–C) groups is 1. The van der Waals surface area contributed by atoms with Crippen molar-refractivity contribution < 1.29 is 23.1 Å². The van der Waals surface area contributed by atoms with E-state index in [0.29, 0.717) is 37.7 Å². The van der Waals surface area contributed by atoms with Crippen LogP contribution in [0.15, 0.2) is 29.3 Å². The molecule has 6 nitrogen and oxygen atoms in total. The molecule has 33 heavy (non-hydrogen) atoms. The van der Waals surface area contributed by atoms with Crippen molar-refractivity contribution in [3.05, 3.63) is 35.4 Å². The van der Waals surface area contributed by atoms with Crippen molar-refractivity contribution in [3.8, 4) is 0 Å². The molecule has 2 heterocycles. The summed E-state index contributed by atoms with van der Waals surface area (Å²) < 4.78 is 27.5. The van der Waals surface area contributed by atoms with Crippen LogP contribution in [-0.2, 0) is 9.53 Å². The molecule has 1 atom stereocenters. The summed E-state index contributed by atoms with van der Waals surface area (Å²) >= 11 is 0. The summed E-state index contributed by atoms with van der Waals surface area (Å²) in [6.07, 6.45) is 1.71. The average molecular weight is 466 g/mol. The van der Waals surface area contributed by atoms with Crippen molar-refractivity contribution in [1.82, 2.24) is 10.2 Å². The van der Waals surface area contributed by atoms with E-state index in [1.807, 2.05) is 39.0 Å². The standard InChI is InChI=1S/C22H31N3O3.C3H6F2/c1-6-15(2)16-9-7-8-10-17(16)18-23-19(26)22(24-18)11-13-25(14-12-22)20(27)28-21(3,4)5;1-3(2,4)5/h7-10,15H,6,11-14H2,1-5H3,(H,23,24,26);1-2H3.